The number of hydrogen-bond acceptors (Lipinski definition) is 3. The number of hydrogen-bond donors (Lipinski definition) is 0. The van der Waals surface area contributed by atoms with E-state index in [2.05, 4.69) is 15.9 Å². The normalized spacial score (nSPS) is 11.0. The average molecular weight is 325 g/mol. The molecule has 3 nitrogen and oxygen atoms in total. The Morgan fingerprint density at radius 3 is 2.28 bits per heavy atom. The van der Waals surface area contributed by atoms with Crippen molar-refractivity contribution in [2.75, 3.05) is 19.8 Å². The summed E-state index contributed by atoms with van der Waals surface area (Å²) in [5, 5.41) is 0. The number of ether oxygens (including phenoxy) is 3. The summed E-state index contributed by atoms with van der Waals surface area (Å²) in [7, 11) is 0. The first-order valence-electron chi connectivity index (χ1n) is 5.59. The first-order chi connectivity index (χ1) is 8.60. The molecule has 0 bridgehead atoms. The molecule has 18 heavy (non-hydrogen) atoms. The zero-order valence-corrected chi connectivity index (χ0v) is 11.8. The van der Waals surface area contributed by atoms with E-state index in [4.69, 9.17) is 14.2 Å². The predicted octanol–water partition coefficient (Wildman–Crippen LogP) is 3.51. The molecule has 0 N–H and O–H groups in total. The van der Waals surface area contributed by atoms with Gasteiger partial charge in [-0.3, -0.25) is 0 Å². The quantitative estimate of drug-likeness (QED) is 0.567. The Balaban J connectivity index is 2.64. The van der Waals surface area contributed by atoms with Gasteiger partial charge in [-0.05, 0) is 41.9 Å². The third kappa shape index (κ3) is 4.19. The molecule has 0 spiro atoms. The van der Waals surface area contributed by atoms with Crippen LogP contribution in [0.1, 0.15) is 13.8 Å². The lowest BCUT2D eigenvalue weighted by atomic mass is 10.3. The van der Waals surface area contributed by atoms with Crippen molar-refractivity contribution >= 4 is 15.9 Å². The van der Waals surface area contributed by atoms with Crippen molar-refractivity contribution in [3.8, 4) is 5.75 Å². The number of halogens is 3. The van der Waals surface area contributed by atoms with Gasteiger partial charge in [0.1, 0.15) is 6.61 Å². The van der Waals surface area contributed by atoms with E-state index in [9.17, 15) is 8.78 Å². The third-order valence-corrected chi connectivity index (χ3v) is 2.69. The Kier molecular flexibility index (Phi) is 6.52. The molecule has 0 atom stereocenters. The molecule has 0 aromatic heterocycles. The molecule has 0 fully saturated rings. The number of rotatable bonds is 7. The Morgan fingerprint density at radius 2 is 1.72 bits per heavy atom. The van der Waals surface area contributed by atoms with Gasteiger partial charge in [-0.15, -0.1) is 0 Å². The lowest BCUT2D eigenvalue weighted by molar-refractivity contribution is -0.152. The standard InChI is InChI=1S/C12H15BrF2O3/c1-3-16-10(17-4-2)7-18-9-6-5-8(13)11(14)12(9)15/h5-6,10H,3-4,7H2,1-2H3. The van der Waals surface area contributed by atoms with Gasteiger partial charge < -0.3 is 14.2 Å². The van der Waals surface area contributed by atoms with E-state index in [0.29, 0.717) is 13.2 Å². The van der Waals surface area contributed by atoms with Crippen LogP contribution in [-0.4, -0.2) is 26.1 Å². The molecule has 0 amide bonds. The monoisotopic (exact) mass is 324 g/mol. The lowest BCUT2D eigenvalue weighted by Gasteiger charge is -2.17. The van der Waals surface area contributed by atoms with Gasteiger partial charge in [0.2, 0.25) is 5.82 Å². The van der Waals surface area contributed by atoms with Gasteiger partial charge in [-0.2, -0.15) is 4.39 Å². The molecule has 0 aliphatic rings. The van der Waals surface area contributed by atoms with Crippen molar-refractivity contribution in [2.24, 2.45) is 0 Å². The van der Waals surface area contributed by atoms with E-state index in [0.717, 1.165) is 0 Å². The summed E-state index contributed by atoms with van der Waals surface area (Å²) < 4.78 is 42.4. The maximum atomic E-state index is 13.5. The van der Waals surface area contributed by atoms with E-state index in [1.54, 1.807) is 0 Å². The molecule has 0 saturated carbocycles. The minimum absolute atomic E-state index is 0.000325. The summed E-state index contributed by atoms with van der Waals surface area (Å²) in [6, 6.07) is 2.72. The van der Waals surface area contributed by atoms with Crippen molar-refractivity contribution < 1.29 is 23.0 Å². The fraction of sp³-hybridized carbons (Fsp3) is 0.500. The Bertz CT molecular complexity index is 382. The van der Waals surface area contributed by atoms with Gasteiger partial charge in [-0.1, -0.05) is 0 Å². The van der Waals surface area contributed by atoms with Crippen molar-refractivity contribution in [3.63, 3.8) is 0 Å². The van der Waals surface area contributed by atoms with Crippen LogP contribution in [0.2, 0.25) is 0 Å². The first kappa shape index (κ1) is 15.3. The maximum Gasteiger partial charge on any atom is 0.201 e. The molecule has 1 aromatic rings. The molecule has 0 saturated heterocycles. The van der Waals surface area contributed by atoms with Gasteiger partial charge in [0.25, 0.3) is 0 Å². The highest BCUT2D eigenvalue weighted by Crippen LogP contribution is 2.26. The van der Waals surface area contributed by atoms with Crippen LogP contribution in [-0.2, 0) is 9.47 Å². The fourth-order valence-electron chi connectivity index (χ4n) is 1.29. The molecule has 6 heteroatoms. The topological polar surface area (TPSA) is 27.7 Å². The van der Waals surface area contributed by atoms with Crippen LogP contribution in [0, 0.1) is 11.6 Å². The van der Waals surface area contributed by atoms with E-state index < -0.39 is 17.9 Å². The van der Waals surface area contributed by atoms with Crippen molar-refractivity contribution in [2.45, 2.75) is 20.1 Å². The second-order valence-corrected chi connectivity index (χ2v) is 4.18. The summed E-state index contributed by atoms with van der Waals surface area (Å²) >= 11 is 2.89. The minimum Gasteiger partial charge on any atom is -0.485 e. The van der Waals surface area contributed by atoms with E-state index >= 15 is 0 Å². The van der Waals surface area contributed by atoms with Gasteiger partial charge in [0.05, 0.1) is 4.47 Å². The Labute approximate surface area is 113 Å². The molecular weight excluding hydrogens is 310 g/mol. The Hall–Kier alpha value is -0.720. The van der Waals surface area contributed by atoms with Crippen LogP contribution in [0.25, 0.3) is 0 Å². The molecule has 0 aliphatic heterocycles. The second-order valence-electron chi connectivity index (χ2n) is 3.32. The van der Waals surface area contributed by atoms with Gasteiger partial charge in [0.15, 0.2) is 17.9 Å². The molecule has 0 unspecified atom stereocenters. The van der Waals surface area contributed by atoms with E-state index in [1.807, 2.05) is 13.8 Å². The SMILES string of the molecule is CCOC(COc1ccc(Br)c(F)c1F)OCC. The van der Waals surface area contributed by atoms with Gasteiger partial charge in [0, 0.05) is 13.2 Å². The highest BCUT2D eigenvalue weighted by Gasteiger charge is 2.15. The fourth-order valence-corrected chi connectivity index (χ4v) is 1.60. The highest BCUT2D eigenvalue weighted by atomic mass is 79.9. The van der Waals surface area contributed by atoms with Crippen molar-refractivity contribution in [1.29, 1.82) is 0 Å². The van der Waals surface area contributed by atoms with Crippen molar-refractivity contribution in [1.82, 2.24) is 0 Å². The van der Waals surface area contributed by atoms with Crippen LogP contribution < -0.4 is 4.74 Å². The predicted molar refractivity (Wildman–Crippen MR) is 66.6 cm³/mol. The summed E-state index contributed by atoms with van der Waals surface area (Å²) in [5.41, 5.74) is 0. The molecular formula is C12H15BrF2O3. The first-order valence-corrected chi connectivity index (χ1v) is 6.38. The largest absolute Gasteiger partial charge is 0.485 e. The molecule has 0 radical (unpaired) electrons. The van der Waals surface area contributed by atoms with Crippen LogP contribution in [0.3, 0.4) is 0 Å². The van der Waals surface area contributed by atoms with Crippen LogP contribution in [0.4, 0.5) is 8.78 Å². The van der Waals surface area contributed by atoms with Gasteiger partial charge in [-0.25, -0.2) is 4.39 Å². The third-order valence-electron chi connectivity index (χ3n) is 2.08. The average Bonchev–Trinajstić information content (AvgIpc) is 2.35. The van der Waals surface area contributed by atoms with Gasteiger partial charge >= 0.3 is 0 Å². The molecule has 1 rings (SSSR count). The minimum atomic E-state index is -1.03. The van der Waals surface area contributed by atoms with Crippen LogP contribution in [0.5, 0.6) is 5.75 Å². The zero-order chi connectivity index (χ0) is 13.5. The van der Waals surface area contributed by atoms with E-state index in [-0.39, 0.29) is 16.8 Å². The van der Waals surface area contributed by atoms with Crippen LogP contribution >= 0.6 is 15.9 Å². The lowest BCUT2D eigenvalue weighted by Crippen LogP contribution is -2.25. The molecule has 1 aromatic carbocycles. The smallest absolute Gasteiger partial charge is 0.201 e. The second kappa shape index (κ2) is 7.66. The highest BCUT2D eigenvalue weighted by molar-refractivity contribution is 9.10. The van der Waals surface area contributed by atoms with E-state index in [1.165, 1.54) is 12.1 Å². The summed E-state index contributed by atoms with van der Waals surface area (Å²) in [5.74, 6) is -2.17. The number of benzene rings is 1. The molecule has 0 heterocycles. The zero-order valence-electron chi connectivity index (χ0n) is 10.2. The summed E-state index contributed by atoms with van der Waals surface area (Å²) in [4.78, 5) is 0. The maximum absolute atomic E-state index is 13.5. The molecule has 0 aliphatic carbocycles. The Morgan fingerprint density at radius 1 is 1.11 bits per heavy atom. The summed E-state index contributed by atoms with van der Waals surface area (Å²) in [6.45, 7) is 4.52. The molecule has 102 valence electrons. The summed E-state index contributed by atoms with van der Waals surface area (Å²) in [6.07, 6.45) is -0.592. The van der Waals surface area contributed by atoms with Crippen molar-refractivity contribution in [3.05, 3.63) is 28.2 Å². The van der Waals surface area contributed by atoms with Crippen LogP contribution in [0.15, 0.2) is 16.6 Å².